The number of pyridine rings is 1. The van der Waals surface area contributed by atoms with Crippen molar-refractivity contribution >= 4 is 11.9 Å². The van der Waals surface area contributed by atoms with Gasteiger partial charge in [0.25, 0.3) is 5.91 Å². The fourth-order valence-corrected chi connectivity index (χ4v) is 1.91. The molecule has 0 bridgehead atoms. The molecule has 1 amide bonds. The van der Waals surface area contributed by atoms with Crippen molar-refractivity contribution in [2.24, 2.45) is 0 Å². The summed E-state index contributed by atoms with van der Waals surface area (Å²) in [6.07, 6.45) is 1.53. The number of benzene rings is 1. The zero-order chi connectivity index (χ0) is 16.1. The van der Waals surface area contributed by atoms with E-state index in [0.29, 0.717) is 11.1 Å². The van der Waals surface area contributed by atoms with Crippen molar-refractivity contribution in [1.82, 2.24) is 10.3 Å². The maximum atomic E-state index is 12.1. The predicted molar refractivity (Wildman–Crippen MR) is 79.7 cm³/mol. The molecule has 6 nitrogen and oxygen atoms in total. The number of aliphatic carboxylic acids is 1. The van der Waals surface area contributed by atoms with Gasteiger partial charge in [-0.1, -0.05) is 12.1 Å². The first-order valence-corrected chi connectivity index (χ1v) is 6.70. The van der Waals surface area contributed by atoms with Crippen LogP contribution in [0.5, 0.6) is 5.75 Å². The Morgan fingerprint density at radius 2 is 1.86 bits per heavy atom. The fraction of sp³-hybridized carbons (Fsp3) is 0.188. The van der Waals surface area contributed by atoms with Gasteiger partial charge < -0.3 is 15.5 Å². The lowest BCUT2D eigenvalue weighted by atomic mass is 10.1. The van der Waals surface area contributed by atoms with E-state index in [-0.39, 0.29) is 12.2 Å². The summed E-state index contributed by atoms with van der Waals surface area (Å²) in [4.78, 5) is 27.4. The highest BCUT2D eigenvalue weighted by Gasteiger charge is 2.21. The van der Waals surface area contributed by atoms with Crippen LogP contribution in [-0.2, 0) is 11.2 Å². The van der Waals surface area contributed by atoms with Crippen LogP contribution >= 0.6 is 0 Å². The van der Waals surface area contributed by atoms with Gasteiger partial charge in [-0.15, -0.1) is 0 Å². The number of nitrogens with zero attached hydrogens (tertiary/aromatic N) is 1. The third kappa shape index (κ3) is 4.05. The predicted octanol–water partition coefficient (Wildman–Crippen LogP) is 1.52. The van der Waals surface area contributed by atoms with E-state index in [1.807, 2.05) is 0 Å². The van der Waals surface area contributed by atoms with E-state index in [0.717, 1.165) is 5.69 Å². The largest absolute Gasteiger partial charge is 0.508 e. The van der Waals surface area contributed by atoms with E-state index in [4.69, 9.17) is 0 Å². The molecule has 0 aliphatic rings. The van der Waals surface area contributed by atoms with Gasteiger partial charge in [0.15, 0.2) is 0 Å². The SMILES string of the molecule is Cc1ccc(C(=O)NC(Cc2ccc(O)cc2)C(=O)O)cn1. The van der Waals surface area contributed by atoms with E-state index in [9.17, 15) is 19.8 Å². The number of aryl methyl sites for hydroxylation is 1. The molecular weight excluding hydrogens is 284 g/mol. The van der Waals surface area contributed by atoms with Crippen molar-refractivity contribution in [3.8, 4) is 5.75 Å². The molecular formula is C16H16N2O4. The van der Waals surface area contributed by atoms with E-state index in [1.54, 1.807) is 31.2 Å². The van der Waals surface area contributed by atoms with Gasteiger partial charge in [0.05, 0.1) is 5.56 Å². The van der Waals surface area contributed by atoms with Gasteiger partial charge in [0.1, 0.15) is 11.8 Å². The van der Waals surface area contributed by atoms with Gasteiger partial charge in [-0.3, -0.25) is 9.78 Å². The summed E-state index contributed by atoms with van der Waals surface area (Å²) in [5.41, 5.74) is 1.78. The summed E-state index contributed by atoms with van der Waals surface area (Å²) in [7, 11) is 0. The Balaban J connectivity index is 2.08. The van der Waals surface area contributed by atoms with Crippen LogP contribution < -0.4 is 5.32 Å². The normalized spacial score (nSPS) is 11.7. The number of aromatic hydroxyl groups is 1. The lowest BCUT2D eigenvalue weighted by molar-refractivity contribution is -0.139. The third-order valence-electron chi connectivity index (χ3n) is 3.15. The molecule has 1 unspecified atom stereocenters. The van der Waals surface area contributed by atoms with Crippen LogP contribution in [0.15, 0.2) is 42.6 Å². The highest BCUT2D eigenvalue weighted by molar-refractivity contribution is 5.96. The number of carbonyl (C=O) groups is 2. The first-order chi connectivity index (χ1) is 10.5. The number of hydrogen-bond acceptors (Lipinski definition) is 4. The fourth-order valence-electron chi connectivity index (χ4n) is 1.91. The minimum absolute atomic E-state index is 0.102. The Bertz CT molecular complexity index is 666. The van der Waals surface area contributed by atoms with Crippen LogP contribution in [0.4, 0.5) is 0 Å². The van der Waals surface area contributed by atoms with Crippen molar-refractivity contribution in [1.29, 1.82) is 0 Å². The second-order valence-electron chi connectivity index (χ2n) is 4.92. The first kappa shape index (κ1) is 15.5. The molecule has 0 saturated heterocycles. The number of carbonyl (C=O) groups excluding carboxylic acids is 1. The molecule has 0 aliphatic heterocycles. The number of aromatic nitrogens is 1. The summed E-state index contributed by atoms with van der Waals surface area (Å²) in [6, 6.07) is 8.40. The Morgan fingerprint density at radius 3 is 2.41 bits per heavy atom. The van der Waals surface area contributed by atoms with E-state index < -0.39 is 17.9 Å². The standard InChI is InChI=1S/C16H16N2O4/c1-10-2-5-12(9-17-10)15(20)18-14(16(21)22)8-11-3-6-13(19)7-4-11/h2-7,9,14,19H,8H2,1H3,(H,18,20)(H,21,22). The molecule has 2 aromatic rings. The van der Waals surface area contributed by atoms with Crippen LogP contribution in [0.1, 0.15) is 21.6 Å². The minimum atomic E-state index is -1.12. The molecule has 1 aromatic heterocycles. The zero-order valence-electron chi connectivity index (χ0n) is 12.0. The van der Waals surface area contributed by atoms with Crippen LogP contribution in [0.3, 0.4) is 0 Å². The van der Waals surface area contributed by atoms with Crippen LogP contribution in [0, 0.1) is 6.92 Å². The molecule has 6 heteroatoms. The number of amides is 1. The van der Waals surface area contributed by atoms with E-state index in [1.165, 1.54) is 18.3 Å². The number of carboxylic acids is 1. The van der Waals surface area contributed by atoms with Crippen LogP contribution in [0.2, 0.25) is 0 Å². The smallest absolute Gasteiger partial charge is 0.326 e. The Morgan fingerprint density at radius 1 is 1.18 bits per heavy atom. The summed E-state index contributed by atoms with van der Waals surface area (Å²) < 4.78 is 0. The summed E-state index contributed by atoms with van der Waals surface area (Å²) in [6.45, 7) is 1.80. The maximum Gasteiger partial charge on any atom is 0.326 e. The van der Waals surface area contributed by atoms with E-state index in [2.05, 4.69) is 10.3 Å². The van der Waals surface area contributed by atoms with Gasteiger partial charge in [0, 0.05) is 18.3 Å². The Kier molecular flexibility index (Phi) is 4.73. The molecule has 0 radical (unpaired) electrons. The van der Waals surface area contributed by atoms with Crippen LogP contribution in [-0.4, -0.2) is 33.1 Å². The second-order valence-corrected chi connectivity index (χ2v) is 4.92. The molecule has 114 valence electrons. The molecule has 3 N–H and O–H groups in total. The first-order valence-electron chi connectivity index (χ1n) is 6.70. The number of phenolic OH excluding ortho intramolecular Hbond substituents is 1. The van der Waals surface area contributed by atoms with Gasteiger partial charge in [-0.2, -0.15) is 0 Å². The molecule has 22 heavy (non-hydrogen) atoms. The van der Waals surface area contributed by atoms with Gasteiger partial charge in [-0.05, 0) is 36.8 Å². The number of phenols is 1. The number of carboxylic acid groups (broad SMARTS) is 1. The lowest BCUT2D eigenvalue weighted by Gasteiger charge is -2.14. The number of nitrogens with one attached hydrogen (secondary N) is 1. The quantitative estimate of drug-likeness (QED) is 0.777. The highest BCUT2D eigenvalue weighted by atomic mass is 16.4. The summed E-state index contributed by atoms with van der Waals surface area (Å²) in [5.74, 6) is -1.51. The second kappa shape index (κ2) is 6.71. The molecule has 2 rings (SSSR count). The van der Waals surface area contributed by atoms with Gasteiger partial charge >= 0.3 is 5.97 Å². The topological polar surface area (TPSA) is 99.5 Å². The third-order valence-corrected chi connectivity index (χ3v) is 3.15. The van der Waals surface area contributed by atoms with Crippen molar-refractivity contribution in [2.45, 2.75) is 19.4 Å². The Hall–Kier alpha value is -2.89. The number of hydrogen-bond donors (Lipinski definition) is 3. The molecule has 1 atom stereocenters. The molecule has 0 saturated carbocycles. The molecule has 0 aliphatic carbocycles. The van der Waals surface area contributed by atoms with Crippen LogP contribution in [0.25, 0.3) is 0 Å². The Labute approximate surface area is 127 Å². The number of rotatable bonds is 5. The van der Waals surface area contributed by atoms with Crippen molar-refractivity contribution < 1.29 is 19.8 Å². The highest BCUT2D eigenvalue weighted by Crippen LogP contribution is 2.12. The van der Waals surface area contributed by atoms with Gasteiger partial charge in [0.2, 0.25) is 0 Å². The molecule has 1 aromatic carbocycles. The molecule has 1 heterocycles. The molecule has 0 fully saturated rings. The van der Waals surface area contributed by atoms with Crippen molar-refractivity contribution in [2.75, 3.05) is 0 Å². The summed E-state index contributed by atoms with van der Waals surface area (Å²) in [5, 5.41) is 20.9. The zero-order valence-corrected chi connectivity index (χ0v) is 12.0. The summed E-state index contributed by atoms with van der Waals surface area (Å²) >= 11 is 0. The lowest BCUT2D eigenvalue weighted by Crippen LogP contribution is -2.42. The molecule has 0 spiro atoms. The average Bonchev–Trinajstić information content (AvgIpc) is 2.49. The van der Waals surface area contributed by atoms with Crippen molar-refractivity contribution in [3.05, 3.63) is 59.4 Å². The average molecular weight is 300 g/mol. The van der Waals surface area contributed by atoms with Gasteiger partial charge in [-0.25, -0.2) is 4.79 Å². The van der Waals surface area contributed by atoms with E-state index >= 15 is 0 Å². The maximum absolute atomic E-state index is 12.1. The minimum Gasteiger partial charge on any atom is -0.508 e. The van der Waals surface area contributed by atoms with Crippen molar-refractivity contribution in [3.63, 3.8) is 0 Å². The monoisotopic (exact) mass is 300 g/mol.